The summed E-state index contributed by atoms with van der Waals surface area (Å²) in [6.07, 6.45) is 4.13. The van der Waals surface area contributed by atoms with Crippen LogP contribution in [0, 0.1) is 11.8 Å². The van der Waals surface area contributed by atoms with Crippen molar-refractivity contribution in [3.8, 4) is 0 Å². The van der Waals surface area contributed by atoms with Gasteiger partial charge in [0.1, 0.15) is 0 Å². The zero-order valence-corrected chi connectivity index (χ0v) is 14.7. The minimum atomic E-state index is -0.127. The molecule has 3 unspecified atom stereocenters. The van der Waals surface area contributed by atoms with Gasteiger partial charge < -0.3 is 10.6 Å². The molecule has 2 heterocycles. The number of aryl methyl sites for hydroxylation is 1. The number of amides is 1. The number of halogens is 1. The predicted molar refractivity (Wildman–Crippen MR) is 89.2 cm³/mol. The summed E-state index contributed by atoms with van der Waals surface area (Å²) < 4.78 is 1.75. The fourth-order valence-electron chi connectivity index (χ4n) is 3.84. The van der Waals surface area contributed by atoms with Gasteiger partial charge in [0.05, 0.1) is 11.3 Å². The van der Waals surface area contributed by atoms with E-state index in [-0.39, 0.29) is 29.8 Å². The van der Waals surface area contributed by atoms with Crippen LogP contribution in [0.2, 0.25) is 0 Å². The molecule has 1 aliphatic heterocycles. The zero-order chi connectivity index (χ0) is 15.4. The van der Waals surface area contributed by atoms with E-state index >= 15 is 0 Å². The van der Waals surface area contributed by atoms with Crippen LogP contribution in [0.3, 0.4) is 0 Å². The van der Waals surface area contributed by atoms with Crippen molar-refractivity contribution in [1.82, 2.24) is 14.7 Å². The normalized spacial score (nSPS) is 27.7. The number of fused-ring (bicyclic) bond motifs is 1. The molecule has 3 rings (SSSR count). The molecule has 0 aromatic carbocycles. The maximum absolute atomic E-state index is 12.9. The van der Waals surface area contributed by atoms with Gasteiger partial charge in [0.15, 0.2) is 0 Å². The summed E-state index contributed by atoms with van der Waals surface area (Å²) in [5, 5.41) is 4.51. The lowest BCUT2D eigenvalue weighted by molar-refractivity contribution is 0.0777. The van der Waals surface area contributed by atoms with E-state index in [2.05, 4.69) is 25.9 Å². The van der Waals surface area contributed by atoms with E-state index in [1.165, 1.54) is 0 Å². The summed E-state index contributed by atoms with van der Waals surface area (Å²) in [6, 6.07) is 0.267. The first kappa shape index (κ1) is 17.3. The Morgan fingerprint density at radius 1 is 1.32 bits per heavy atom. The third-order valence-corrected chi connectivity index (χ3v) is 4.97. The average Bonchev–Trinajstić information content (AvgIpc) is 3.04. The number of rotatable bonds is 1. The number of nitrogens with two attached hydrogens (primary N) is 1. The second kappa shape index (κ2) is 5.85. The van der Waals surface area contributed by atoms with E-state index in [1.807, 2.05) is 18.1 Å². The van der Waals surface area contributed by atoms with Crippen LogP contribution in [0.15, 0.2) is 6.20 Å². The second-order valence-electron chi connectivity index (χ2n) is 7.69. The molecule has 1 saturated heterocycles. The van der Waals surface area contributed by atoms with Gasteiger partial charge >= 0.3 is 0 Å². The summed E-state index contributed by atoms with van der Waals surface area (Å²) in [6.45, 7) is 7.96. The molecule has 2 N–H and O–H groups in total. The molecule has 0 bridgehead atoms. The van der Waals surface area contributed by atoms with Crippen LogP contribution in [-0.2, 0) is 12.5 Å². The minimum absolute atomic E-state index is 0. The van der Waals surface area contributed by atoms with Crippen LogP contribution in [0.4, 0.5) is 0 Å². The molecule has 124 valence electrons. The zero-order valence-electron chi connectivity index (χ0n) is 13.9. The maximum atomic E-state index is 12.9. The lowest BCUT2D eigenvalue weighted by atomic mass is 9.89. The second-order valence-corrected chi connectivity index (χ2v) is 7.69. The Bertz CT molecular complexity index is 563. The van der Waals surface area contributed by atoms with E-state index in [4.69, 9.17) is 5.73 Å². The lowest BCUT2D eigenvalue weighted by Gasteiger charge is -2.21. The molecule has 22 heavy (non-hydrogen) atoms. The Hall–Kier alpha value is -1.07. The van der Waals surface area contributed by atoms with E-state index in [0.717, 1.165) is 37.2 Å². The highest BCUT2D eigenvalue weighted by Gasteiger charge is 2.43. The average molecular weight is 327 g/mol. The van der Waals surface area contributed by atoms with Gasteiger partial charge in [-0.05, 0) is 24.7 Å². The van der Waals surface area contributed by atoms with Gasteiger partial charge in [-0.25, -0.2) is 0 Å². The highest BCUT2D eigenvalue weighted by Crippen LogP contribution is 2.38. The van der Waals surface area contributed by atoms with Crippen molar-refractivity contribution >= 4 is 18.3 Å². The van der Waals surface area contributed by atoms with E-state index in [0.29, 0.717) is 11.8 Å². The van der Waals surface area contributed by atoms with Crippen LogP contribution < -0.4 is 5.73 Å². The summed E-state index contributed by atoms with van der Waals surface area (Å²) >= 11 is 0. The van der Waals surface area contributed by atoms with Crippen LogP contribution in [0.5, 0.6) is 0 Å². The SMILES string of the molecule is Cl.Cn1cc(C(=O)N2CC3CCC(N)C3C2)c(C(C)(C)C)n1. The van der Waals surface area contributed by atoms with Gasteiger partial charge in [-0.2, -0.15) is 5.10 Å². The van der Waals surface area contributed by atoms with Gasteiger partial charge in [0.2, 0.25) is 0 Å². The predicted octanol–water partition coefficient (Wildman–Crippen LogP) is 1.95. The first-order valence-corrected chi connectivity index (χ1v) is 7.86. The molecular formula is C16H27ClN4O. The Balaban J connectivity index is 0.00000176. The van der Waals surface area contributed by atoms with Crippen molar-refractivity contribution in [2.24, 2.45) is 24.6 Å². The quantitative estimate of drug-likeness (QED) is 0.858. The molecule has 1 amide bonds. The Morgan fingerprint density at radius 3 is 2.59 bits per heavy atom. The van der Waals surface area contributed by atoms with Crippen molar-refractivity contribution in [2.45, 2.75) is 45.1 Å². The molecular weight excluding hydrogens is 300 g/mol. The number of carbonyl (C=O) groups is 1. The standard InChI is InChI=1S/C16H26N4O.ClH/c1-16(2,3)14-12(8-19(4)18-14)15(21)20-7-10-5-6-13(17)11(10)9-20;/h8,10-11,13H,5-7,9,17H2,1-4H3;1H. The summed E-state index contributed by atoms with van der Waals surface area (Å²) in [4.78, 5) is 14.9. The molecule has 6 heteroatoms. The van der Waals surface area contributed by atoms with Crippen molar-refractivity contribution in [2.75, 3.05) is 13.1 Å². The van der Waals surface area contributed by atoms with E-state index in [9.17, 15) is 4.79 Å². The number of likely N-dealkylation sites (tertiary alicyclic amines) is 1. The highest BCUT2D eigenvalue weighted by atomic mass is 35.5. The number of carbonyl (C=O) groups excluding carboxylic acids is 1. The monoisotopic (exact) mass is 326 g/mol. The van der Waals surface area contributed by atoms with E-state index in [1.54, 1.807) is 4.68 Å². The van der Waals surface area contributed by atoms with Gasteiger partial charge in [-0.3, -0.25) is 9.48 Å². The molecule has 0 radical (unpaired) electrons. The lowest BCUT2D eigenvalue weighted by Crippen LogP contribution is -2.34. The van der Waals surface area contributed by atoms with Gasteiger partial charge in [-0.15, -0.1) is 12.4 Å². The molecule has 1 aliphatic carbocycles. The van der Waals surface area contributed by atoms with Crippen molar-refractivity contribution < 1.29 is 4.79 Å². The fourth-order valence-corrected chi connectivity index (χ4v) is 3.84. The summed E-state index contributed by atoms with van der Waals surface area (Å²) in [5.41, 5.74) is 7.68. The smallest absolute Gasteiger partial charge is 0.257 e. The third-order valence-electron chi connectivity index (χ3n) is 4.97. The number of hydrogen-bond acceptors (Lipinski definition) is 3. The first-order chi connectivity index (χ1) is 9.77. The number of hydrogen-bond donors (Lipinski definition) is 1. The van der Waals surface area contributed by atoms with Crippen LogP contribution in [0.1, 0.15) is 49.7 Å². The Kier molecular flexibility index (Phi) is 4.60. The Labute approximate surface area is 138 Å². The highest BCUT2D eigenvalue weighted by molar-refractivity contribution is 5.95. The summed E-state index contributed by atoms with van der Waals surface area (Å²) in [7, 11) is 1.88. The van der Waals surface area contributed by atoms with Crippen molar-refractivity contribution in [1.29, 1.82) is 0 Å². The fraction of sp³-hybridized carbons (Fsp3) is 0.750. The first-order valence-electron chi connectivity index (χ1n) is 7.86. The van der Waals surface area contributed by atoms with Crippen molar-refractivity contribution in [3.63, 3.8) is 0 Å². The molecule has 1 saturated carbocycles. The topological polar surface area (TPSA) is 64.2 Å². The van der Waals surface area contributed by atoms with Crippen molar-refractivity contribution in [3.05, 3.63) is 17.5 Å². The van der Waals surface area contributed by atoms with Crippen LogP contribution in [0.25, 0.3) is 0 Å². The third kappa shape index (κ3) is 2.88. The molecule has 1 aromatic rings. The van der Waals surface area contributed by atoms with E-state index < -0.39 is 0 Å². The molecule has 5 nitrogen and oxygen atoms in total. The van der Waals surface area contributed by atoms with Crippen LogP contribution in [-0.4, -0.2) is 39.7 Å². The van der Waals surface area contributed by atoms with Gasteiger partial charge in [0, 0.05) is 37.8 Å². The maximum Gasteiger partial charge on any atom is 0.257 e. The van der Waals surface area contributed by atoms with Crippen LogP contribution >= 0.6 is 12.4 Å². The largest absolute Gasteiger partial charge is 0.338 e. The molecule has 1 aromatic heterocycles. The molecule has 2 fully saturated rings. The Morgan fingerprint density at radius 2 is 2.00 bits per heavy atom. The van der Waals surface area contributed by atoms with Gasteiger partial charge in [0.25, 0.3) is 5.91 Å². The molecule has 0 spiro atoms. The number of aromatic nitrogens is 2. The number of nitrogens with zero attached hydrogens (tertiary/aromatic N) is 3. The molecule has 2 aliphatic rings. The van der Waals surface area contributed by atoms with Gasteiger partial charge in [-0.1, -0.05) is 20.8 Å². The summed E-state index contributed by atoms with van der Waals surface area (Å²) in [5.74, 6) is 1.21. The minimum Gasteiger partial charge on any atom is -0.338 e. The molecule has 3 atom stereocenters.